The number of carbonyl (C=O) groups is 1. The summed E-state index contributed by atoms with van der Waals surface area (Å²) in [6, 6.07) is 10.3. The largest absolute Gasteiger partial charge is 0.373 e. The minimum absolute atomic E-state index is 0.123. The molecule has 0 saturated heterocycles. The molecule has 0 spiro atoms. The summed E-state index contributed by atoms with van der Waals surface area (Å²) < 4.78 is 5.81. The second-order valence-corrected chi connectivity index (χ2v) is 5.19. The molecule has 5 nitrogen and oxygen atoms in total. The zero-order valence-electron chi connectivity index (χ0n) is 11.6. The van der Waals surface area contributed by atoms with Gasteiger partial charge in [0.05, 0.1) is 18.3 Å². The number of carbonyl (C=O) groups excluding carboxylic acids is 1. The first-order valence-corrected chi connectivity index (χ1v) is 7.02. The topological polar surface area (TPSA) is 64.1 Å². The third-order valence-electron chi connectivity index (χ3n) is 3.58. The van der Waals surface area contributed by atoms with Crippen LogP contribution >= 0.6 is 0 Å². The van der Waals surface area contributed by atoms with E-state index in [9.17, 15) is 4.79 Å². The maximum Gasteiger partial charge on any atom is 0.254 e. The van der Waals surface area contributed by atoms with Crippen molar-refractivity contribution in [3.8, 4) is 0 Å². The molecule has 1 aromatic heterocycles. The lowest BCUT2D eigenvalue weighted by atomic mass is 9.89. The summed E-state index contributed by atoms with van der Waals surface area (Å²) in [4.78, 5) is 19.6. The van der Waals surface area contributed by atoms with Crippen molar-refractivity contribution in [2.75, 3.05) is 0 Å². The highest BCUT2D eigenvalue weighted by atomic mass is 16.5. The summed E-state index contributed by atoms with van der Waals surface area (Å²) in [5.74, 6) is -0.123. The third-order valence-corrected chi connectivity index (χ3v) is 3.58. The minimum Gasteiger partial charge on any atom is -0.373 e. The first kappa shape index (κ1) is 13.7. The molecule has 0 radical (unpaired) electrons. The van der Waals surface area contributed by atoms with Gasteiger partial charge < -0.3 is 10.1 Å². The predicted octanol–water partition coefficient (Wildman–Crippen LogP) is 1.95. The number of aromatic nitrogens is 2. The fraction of sp³-hybridized carbons (Fsp3) is 0.312. The van der Waals surface area contributed by atoms with E-state index in [0.717, 1.165) is 12.8 Å². The summed E-state index contributed by atoms with van der Waals surface area (Å²) in [6.07, 6.45) is 6.38. The van der Waals surface area contributed by atoms with Crippen molar-refractivity contribution < 1.29 is 9.53 Å². The van der Waals surface area contributed by atoms with Gasteiger partial charge in [0.15, 0.2) is 0 Å². The van der Waals surface area contributed by atoms with Crippen molar-refractivity contribution in [3.63, 3.8) is 0 Å². The molecule has 0 aliphatic heterocycles. The molecule has 1 aliphatic rings. The van der Waals surface area contributed by atoms with Crippen LogP contribution in [0.5, 0.6) is 0 Å². The standard InChI is InChI=1S/C16H17N3O2/c20-16(13-8-17-11-18-9-13)19-14-6-15(7-14)21-10-12-4-2-1-3-5-12/h1-5,8-9,11,14-15H,6-7,10H2,(H,19,20). The highest BCUT2D eigenvalue weighted by Crippen LogP contribution is 2.24. The van der Waals surface area contributed by atoms with Crippen LogP contribution in [-0.2, 0) is 11.3 Å². The Bertz CT molecular complexity index is 583. The van der Waals surface area contributed by atoms with Gasteiger partial charge in [0.2, 0.25) is 0 Å². The summed E-state index contributed by atoms with van der Waals surface area (Å²) in [6.45, 7) is 0.624. The van der Waals surface area contributed by atoms with Gasteiger partial charge in [-0.15, -0.1) is 0 Å². The normalized spacial score (nSPS) is 20.6. The number of nitrogens with zero attached hydrogens (tertiary/aromatic N) is 2. The summed E-state index contributed by atoms with van der Waals surface area (Å²) in [5, 5.41) is 2.96. The molecule has 0 bridgehead atoms. The Balaban J connectivity index is 1.39. The molecule has 1 aliphatic carbocycles. The quantitative estimate of drug-likeness (QED) is 0.911. The highest BCUT2D eigenvalue weighted by Gasteiger charge is 2.31. The average molecular weight is 283 g/mol. The van der Waals surface area contributed by atoms with Crippen LogP contribution in [0.4, 0.5) is 0 Å². The van der Waals surface area contributed by atoms with Gasteiger partial charge in [-0.2, -0.15) is 0 Å². The van der Waals surface area contributed by atoms with E-state index in [1.807, 2.05) is 30.3 Å². The van der Waals surface area contributed by atoms with E-state index in [1.165, 1.54) is 24.3 Å². The number of benzene rings is 1. The van der Waals surface area contributed by atoms with Crippen molar-refractivity contribution >= 4 is 5.91 Å². The maximum atomic E-state index is 11.9. The van der Waals surface area contributed by atoms with E-state index < -0.39 is 0 Å². The van der Waals surface area contributed by atoms with Crippen LogP contribution in [0, 0.1) is 0 Å². The Morgan fingerprint density at radius 1 is 1.19 bits per heavy atom. The van der Waals surface area contributed by atoms with Crippen molar-refractivity contribution in [1.29, 1.82) is 0 Å². The second kappa shape index (κ2) is 6.45. The molecule has 1 amide bonds. The van der Waals surface area contributed by atoms with Crippen molar-refractivity contribution in [2.24, 2.45) is 0 Å². The van der Waals surface area contributed by atoms with Crippen molar-refractivity contribution in [2.45, 2.75) is 31.6 Å². The van der Waals surface area contributed by atoms with Crippen molar-refractivity contribution in [3.05, 3.63) is 60.2 Å². The Morgan fingerprint density at radius 3 is 2.62 bits per heavy atom. The number of hydrogen-bond acceptors (Lipinski definition) is 4. The van der Waals surface area contributed by atoms with Crippen LogP contribution in [0.25, 0.3) is 0 Å². The van der Waals surface area contributed by atoms with Crippen molar-refractivity contribution in [1.82, 2.24) is 15.3 Å². The summed E-state index contributed by atoms with van der Waals surface area (Å²) in [7, 11) is 0. The Morgan fingerprint density at radius 2 is 1.90 bits per heavy atom. The first-order chi connectivity index (χ1) is 10.3. The molecule has 1 aromatic carbocycles. The molecule has 108 valence electrons. The fourth-order valence-electron chi connectivity index (χ4n) is 2.29. The molecular weight excluding hydrogens is 266 g/mol. The Kier molecular flexibility index (Phi) is 4.21. The van der Waals surface area contributed by atoms with Gasteiger partial charge in [0.1, 0.15) is 6.33 Å². The van der Waals surface area contributed by atoms with Crippen LogP contribution in [0.15, 0.2) is 49.1 Å². The van der Waals surface area contributed by atoms with Gasteiger partial charge in [-0.25, -0.2) is 9.97 Å². The summed E-state index contributed by atoms with van der Waals surface area (Å²) >= 11 is 0. The zero-order chi connectivity index (χ0) is 14.5. The van der Waals surface area contributed by atoms with E-state index in [1.54, 1.807) is 0 Å². The van der Waals surface area contributed by atoms with Crippen LogP contribution < -0.4 is 5.32 Å². The molecule has 1 saturated carbocycles. The molecule has 1 heterocycles. The van der Waals surface area contributed by atoms with Crippen LogP contribution in [0.1, 0.15) is 28.8 Å². The molecule has 3 rings (SSSR count). The molecule has 1 N–H and O–H groups in total. The molecule has 1 fully saturated rings. The molecule has 5 heteroatoms. The van der Waals surface area contributed by atoms with Gasteiger partial charge in [-0.1, -0.05) is 30.3 Å². The lowest BCUT2D eigenvalue weighted by Crippen LogP contribution is -2.47. The van der Waals surface area contributed by atoms with E-state index in [0.29, 0.717) is 12.2 Å². The van der Waals surface area contributed by atoms with Gasteiger partial charge in [0, 0.05) is 18.4 Å². The SMILES string of the molecule is O=C(NC1CC(OCc2ccccc2)C1)c1cncnc1. The number of hydrogen-bond donors (Lipinski definition) is 1. The number of nitrogens with one attached hydrogen (secondary N) is 1. The number of ether oxygens (including phenoxy) is 1. The molecule has 0 atom stereocenters. The van der Waals surface area contributed by atoms with E-state index >= 15 is 0 Å². The van der Waals surface area contributed by atoms with Crippen LogP contribution in [0.3, 0.4) is 0 Å². The Hall–Kier alpha value is -2.27. The van der Waals surface area contributed by atoms with Gasteiger partial charge in [0.25, 0.3) is 5.91 Å². The van der Waals surface area contributed by atoms with Gasteiger partial charge >= 0.3 is 0 Å². The number of rotatable bonds is 5. The predicted molar refractivity (Wildman–Crippen MR) is 77.5 cm³/mol. The van der Waals surface area contributed by atoms with E-state index in [4.69, 9.17) is 4.74 Å². The fourth-order valence-corrected chi connectivity index (χ4v) is 2.29. The number of amides is 1. The Labute approximate surface area is 123 Å². The average Bonchev–Trinajstić information content (AvgIpc) is 2.51. The maximum absolute atomic E-state index is 11.9. The highest BCUT2D eigenvalue weighted by molar-refractivity contribution is 5.93. The second-order valence-electron chi connectivity index (χ2n) is 5.19. The molecule has 2 aromatic rings. The smallest absolute Gasteiger partial charge is 0.254 e. The lowest BCUT2D eigenvalue weighted by molar-refractivity contribution is -0.0251. The molecule has 21 heavy (non-hydrogen) atoms. The zero-order valence-corrected chi connectivity index (χ0v) is 11.6. The van der Waals surface area contributed by atoms with E-state index in [-0.39, 0.29) is 18.1 Å². The van der Waals surface area contributed by atoms with Crippen LogP contribution in [0.2, 0.25) is 0 Å². The minimum atomic E-state index is -0.123. The molecule has 0 unspecified atom stereocenters. The van der Waals surface area contributed by atoms with E-state index in [2.05, 4.69) is 15.3 Å². The van der Waals surface area contributed by atoms with Gasteiger partial charge in [-0.05, 0) is 18.4 Å². The first-order valence-electron chi connectivity index (χ1n) is 7.02. The van der Waals surface area contributed by atoms with Crippen LogP contribution in [-0.4, -0.2) is 28.0 Å². The lowest BCUT2D eigenvalue weighted by Gasteiger charge is -2.35. The molecular formula is C16H17N3O2. The monoisotopic (exact) mass is 283 g/mol. The summed E-state index contributed by atoms with van der Waals surface area (Å²) in [5.41, 5.74) is 1.66. The van der Waals surface area contributed by atoms with Gasteiger partial charge in [-0.3, -0.25) is 4.79 Å². The third kappa shape index (κ3) is 3.64.